The Hall–Kier alpha value is -1.23. The molecule has 1 fully saturated rings. The van der Waals surface area contributed by atoms with E-state index in [1.807, 2.05) is 32.0 Å². The Morgan fingerprint density at radius 3 is 2.94 bits per heavy atom. The summed E-state index contributed by atoms with van der Waals surface area (Å²) in [5.74, 6) is 0.105. The first kappa shape index (κ1) is 11.8. The van der Waals surface area contributed by atoms with Crippen LogP contribution in [0.3, 0.4) is 0 Å². The number of aryl methyl sites for hydroxylation is 1. The fraction of sp³-hybridized carbons (Fsp3) is 0.500. The van der Waals surface area contributed by atoms with Gasteiger partial charge in [0.2, 0.25) is 0 Å². The molecule has 3 rings (SSSR count). The van der Waals surface area contributed by atoms with Crippen LogP contribution >= 0.6 is 0 Å². The van der Waals surface area contributed by atoms with Gasteiger partial charge in [0, 0.05) is 17.5 Å². The number of ether oxygens (including phenoxy) is 1. The maximum absolute atomic E-state index is 12.2. The minimum atomic E-state index is -0.707. The van der Waals surface area contributed by atoms with E-state index in [1.165, 1.54) is 0 Å². The number of benzene rings is 1. The average molecular weight is 248 g/mol. The van der Waals surface area contributed by atoms with E-state index in [-0.39, 0.29) is 11.9 Å². The number of rotatable bonds is 0. The van der Waals surface area contributed by atoms with Crippen LogP contribution in [0.15, 0.2) is 18.2 Å². The van der Waals surface area contributed by atoms with Crippen molar-refractivity contribution in [1.29, 1.82) is 0 Å². The van der Waals surface area contributed by atoms with Gasteiger partial charge in [-0.25, -0.2) is 9.78 Å². The number of Topliss-reactive ketones (excluding diaryl/α,β-unsaturated/α-hetero) is 1. The molecular formula is C14H16O4. The Bertz CT molecular complexity index is 511. The summed E-state index contributed by atoms with van der Waals surface area (Å²) in [5, 5.41) is 0. The van der Waals surface area contributed by atoms with Crippen LogP contribution in [-0.4, -0.2) is 18.2 Å². The second kappa shape index (κ2) is 3.88. The normalized spacial score (nSPS) is 34.9. The summed E-state index contributed by atoms with van der Waals surface area (Å²) in [7, 11) is 0. The first-order valence-corrected chi connectivity index (χ1v) is 6.15. The molecule has 1 aromatic rings. The summed E-state index contributed by atoms with van der Waals surface area (Å²) in [6.45, 7) is 5.65. The van der Waals surface area contributed by atoms with Gasteiger partial charge in [-0.3, -0.25) is 4.79 Å². The highest BCUT2D eigenvalue weighted by atomic mass is 17.2. The van der Waals surface area contributed by atoms with Gasteiger partial charge in [-0.15, -0.1) is 0 Å². The SMILES string of the molecule is Cc1cccc2c1[C@@]1(C)OO[C@@H](C)O[C@H]1CC2=O. The molecule has 0 saturated carbocycles. The molecule has 1 aliphatic heterocycles. The largest absolute Gasteiger partial charge is 0.343 e. The molecule has 1 aliphatic carbocycles. The maximum Gasteiger partial charge on any atom is 0.188 e. The molecule has 4 nitrogen and oxygen atoms in total. The van der Waals surface area contributed by atoms with Gasteiger partial charge in [0.15, 0.2) is 17.7 Å². The third-order valence-corrected chi connectivity index (χ3v) is 3.77. The molecule has 1 saturated heterocycles. The van der Waals surface area contributed by atoms with E-state index < -0.39 is 11.9 Å². The van der Waals surface area contributed by atoms with E-state index in [9.17, 15) is 4.79 Å². The number of fused-ring (bicyclic) bond motifs is 3. The quantitative estimate of drug-likeness (QED) is 0.662. The maximum atomic E-state index is 12.2. The van der Waals surface area contributed by atoms with Crippen LogP contribution in [0.4, 0.5) is 0 Å². The van der Waals surface area contributed by atoms with Crippen molar-refractivity contribution in [2.45, 2.75) is 45.2 Å². The predicted octanol–water partition coefficient (Wildman–Crippen LogP) is 2.49. The van der Waals surface area contributed by atoms with Gasteiger partial charge >= 0.3 is 0 Å². The fourth-order valence-corrected chi connectivity index (χ4v) is 2.89. The van der Waals surface area contributed by atoms with E-state index in [0.29, 0.717) is 6.42 Å². The molecule has 0 amide bonds. The number of hydrogen-bond acceptors (Lipinski definition) is 4. The highest BCUT2D eigenvalue weighted by Gasteiger charge is 2.50. The van der Waals surface area contributed by atoms with E-state index in [1.54, 1.807) is 6.92 Å². The topological polar surface area (TPSA) is 44.8 Å². The van der Waals surface area contributed by atoms with Gasteiger partial charge < -0.3 is 4.74 Å². The van der Waals surface area contributed by atoms with Gasteiger partial charge in [-0.05, 0) is 26.3 Å². The second-order valence-electron chi connectivity index (χ2n) is 5.10. The molecule has 1 aromatic carbocycles. The minimum absolute atomic E-state index is 0.105. The molecule has 0 unspecified atom stereocenters. The number of ketones is 1. The summed E-state index contributed by atoms with van der Waals surface area (Å²) in [6.07, 6.45) is -0.399. The van der Waals surface area contributed by atoms with Crippen LogP contribution < -0.4 is 0 Å². The van der Waals surface area contributed by atoms with Crippen molar-refractivity contribution in [3.8, 4) is 0 Å². The summed E-state index contributed by atoms with van der Waals surface area (Å²) in [6, 6.07) is 5.71. The highest BCUT2D eigenvalue weighted by Crippen LogP contribution is 2.44. The monoisotopic (exact) mass is 248 g/mol. The van der Waals surface area contributed by atoms with E-state index in [2.05, 4.69) is 0 Å². The van der Waals surface area contributed by atoms with Crippen molar-refractivity contribution in [1.82, 2.24) is 0 Å². The first-order valence-electron chi connectivity index (χ1n) is 6.15. The standard InChI is InChI=1S/C14H16O4/c1-8-5-4-6-10-11(15)7-12-14(3,13(8)10)18-17-9(2)16-12/h4-6,9,12H,7H2,1-3H3/t9-,12-,14-/m0/s1. The van der Waals surface area contributed by atoms with Crippen LogP contribution in [0.2, 0.25) is 0 Å². The Balaban J connectivity index is 2.17. The Kier molecular flexibility index (Phi) is 2.55. The summed E-state index contributed by atoms with van der Waals surface area (Å²) < 4.78 is 5.71. The van der Waals surface area contributed by atoms with Crippen molar-refractivity contribution in [2.24, 2.45) is 0 Å². The summed E-state index contributed by atoms with van der Waals surface area (Å²) >= 11 is 0. The molecule has 2 aliphatic rings. The van der Waals surface area contributed by atoms with Crippen LogP contribution in [0.1, 0.15) is 41.8 Å². The van der Waals surface area contributed by atoms with Crippen LogP contribution in [0, 0.1) is 6.92 Å². The average Bonchev–Trinajstić information content (AvgIpc) is 2.32. The van der Waals surface area contributed by atoms with Crippen molar-refractivity contribution >= 4 is 5.78 Å². The number of carbonyl (C=O) groups excluding carboxylic acids is 1. The molecule has 0 bridgehead atoms. The van der Waals surface area contributed by atoms with Gasteiger partial charge in [0.1, 0.15) is 6.10 Å². The van der Waals surface area contributed by atoms with Crippen LogP contribution in [0.5, 0.6) is 0 Å². The molecule has 0 N–H and O–H groups in total. The zero-order chi connectivity index (χ0) is 12.9. The predicted molar refractivity (Wildman–Crippen MR) is 64.0 cm³/mol. The minimum Gasteiger partial charge on any atom is -0.343 e. The molecule has 18 heavy (non-hydrogen) atoms. The van der Waals surface area contributed by atoms with E-state index >= 15 is 0 Å². The second-order valence-corrected chi connectivity index (χ2v) is 5.10. The van der Waals surface area contributed by atoms with Crippen molar-refractivity contribution in [2.75, 3.05) is 0 Å². The highest BCUT2D eigenvalue weighted by molar-refractivity contribution is 6.00. The van der Waals surface area contributed by atoms with Crippen LogP contribution in [0.25, 0.3) is 0 Å². The summed E-state index contributed by atoms with van der Waals surface area (Å²) in [5.41, 5.74) is 1.92. The van der Waals surface area contributed by atoms with Crippen molar-refractivity contribution < 1.29 is 19.3 Å². The fourth-order valence-electron chi connectivity index (χ4n) is 2.89. The van der Waals surface area contributed by atoms with Gasteiger partial charge in [0.25, 0.3) is 0 Å². The van der Waals surface area contributed by atoms with E-state index in [4.69, 9.17) is 14.5 Å². The Labute approximate surface area is 106 Å². The molecule has 1 heterocycles. The molecule has 96 valence electrons. The zero-order valence-corrected chi connectivity index (χ0v) is 10.7. The van der Waals surface area contributed by atoms with Crippen LogP contribution in [-0.2, 0) is 20.1 Å². The number of hydrogen-bond donors (Lipinski definition) is 0. The van der Waals surface area contributed by atoms with E-state index in [0.717, 1.165) is 16.7 Å². The summed E-state index contributed by atoms with van der Waals surface area (Å²) in [4.78, 5) is 22.9. The zero-order valence-electron chi connectivity index (χ0n) is 10.7. The lowest BCUT2D eigenvalue weighted by Gasteiger charge is -2.45. The van der Waals surface area contributed by atoms with Gasteiger partial charge in [0.05, 0.1) is 0 Å². The molecule has 0 radical (unpaired) electrons. The lowest BCUT2D eigenvalue weighted by Crippen LogP contribution is -2.52. The Morgan fingerprint density at radius 2 is 2.17 bits per heavy atom. The molecule has 3 atom stereocenters. The molecule has 0 spiro atoms. The third-order valence-electron chi connectivity index (χ3n) is 3.77. The molecule has 0 aromatic heterocycles. The third kappa shape index (κ3) is 1.53. The van der Waals surface area contributed by atoms with Crippen molar-refractivity contribution in [3.05, 3.63) is 34.9 Å². The van der Waals surface area contributed by atoms with Crippen molar-refractivity contribution in [3.63, 3.8) is 0 Å². The number of carbonyl (C=O) groups is 1. The van der Waals surface area contributed by atoms with Gasteiger partial charge in [-0.1, -0.05) is 18.2 Å². The smallest absolute Gasteiger partial charge is 0.188 e. The first-order chi connectivity index (χ1) is 8.52. The lowest BCUT2D eigenvalue weighted by atomic mass is 9.75. The molecule has 4 heteroatoms. The molecular weight excluding hydrogens is 232 g/mol. The van der Waals surface area contributed by atoms with Gasteiger partial charge in [-0.2, -0.15) is 0 Å². The lowest BCUT2D eigenvalue weighted by molar-refractivity contribution is -0.487. The Morgan fingerprint density at radius 1 is 1.39 bits per heavy atom.